The Morgan fingerprint density at radius 1 is 1.27 bits per heavy atom. The van der Waals surface area contributed by atoms with Crippen molar-refractivity contribution in [2.75, 3.05) is 18.6 Å². The highest BCUT2D eigenvalue weighted by molar-refractivity contribution is 6.36. The van der Waals surface area contributed by atoms with Gasteiger partial charge in [-0.15, -0.1) is 0 Å². The SMILES string of the molecule is COc1ccc(N(Cl)C(C)=O)cc1OC. The van der Waals surface area contributed by atoms with E-state index >= 15 is 0 Å². The van der Waals surface area contributed by atoms with Crippen molar-refractivity contribution in [1.29, 1.82) is 0 Å². The van der Waals surface area contributed by atoms with Crippen molar-refractivity contribution in [1.82, 2.24) is 0 Å². The number of halogens is 1. The molecule has 0 bridgehead atoms. The lowest BCUT2D eigenvalue weighted by Gasteiger charge is -2.14. The number of hydrogen-bond donors (Lipinski definition) is 0. The zero-order valence-electron chi connectivity index (χ0n) is 8.78. The van der Waals surface area contributed by atoms with Gasteiger partial charge >= 0.3 is 0 Å². The van der Waals surface area contributed by atoms with E-state index in [9.17, 15) is 4.79 Å². The van der Waals surface area contributed by atoms with Crippen LogP contribution in [0.4, 0.5) is 5.69 Å². The number of hydrogen-bond acceptors (Lipinski definition) is 3. The molecule has 1 rings (SSSR count). The molecule has 82 valence electrons. The minimum Gasteiger partial charge on any atom is -0.493 e. The zero-order chi connectivity index (χ0) is 11.4. The van der Waals surface area contributed by atoms with Gasteiger partial charge in [0.15, 0.2) is 11.5 Å². The normalized spacial score (nSPS) is 9.60. The van der Waals surface area contributed by atoms with Crippen LogP contribution in [0.25, 0.3) is 0 Å². The Kier molecular flexibility index (Phi) is 3.80. The van der Waals surface area contributed by atoms with Crippen LogP contribution in [0.2, 0.25) is 0 Å². The summed E-state index contributed by atoms with van der Waals surface area (Å²) in [6.45, 7) is 1.38. The number of rotatable bonds is 3. The van der Waals surface area contributed by atoms with Crippen LogP contribution in [0.5, 0.6) is 11.5 Å². The average molecular weight is 230 g/mol. The van der Waals surface area contributed by atoms with Gasteiger partial charge in [-0.1, -0.05) is 0 Å². The third kappa shape index (κ3) is 2.53. The number of methoxy groups -OCH3 is 2. The highest BCUT2D eigenvalue weighted by Gasteiger charge is 2.11. The molecule has 0 aliphatic carbocycles. The van der Waals surface area contributed by atoms with Crippen molar-refractivity contribution in [2.45, 2.75) is 6.92 Å². The van der Waals surface area contributed by atoms with Gasteiger partial charge in [0.25, 0.3) is 0 Å². The first kappa shape index (κ1) is 11.7. The second-order valence-electron chi connectivity index (χ2n) is 2.84. The van der Waals surface area contributed by atoms with Gasteiger partial charge in [-0.25, -0.2) is 4.42 Å². The molecule has 0 heterocycles. The molecule has 0 saturated heterocycles. The van der Waals surface area contributed by atoms with Gasteiger partial charge in [0.1, 0.15) is 0 Å². The maximum atomic E-state index is 11.0. The van der Waals surface area contributed by atoms with E-state index in [2.05, 4.69) is 0 Å². The number of carbonyl (C=O) groups excluding carboxylic acids is 1. The Hall–Kier alpha value is -1.42. The molecule has 0 N–H and O–H groups in total. The monoisotopic (exact) mass is 229 g/mol. The molecule has 0 aliphatic rings. The maximum Gasteiger partial charge on any atom is 0.238 e. The zero-order valence-corrected chi connectivity index (χ0v) is 9.54. The van der Waals surface area contributed by atoms with E-state index in [0.717, 1.165) is 4.42 Å². The summed E-state index contributed by atoms with van der Waals surface area (Å²) >= 11 is 5.75. The fraction of sp³-hybridized carbons (Fsp3) is 0.300. The van der Waals surface area contributed by atoms with Crippen molar-refractivity contribution in [3.8, 4) is 11.5 Å². The third-order valence-electron chi connectivity index (χ3n) is 1.87. The Morgan fingerprint density at radius 3 is 2.33 bits per heavy atom. The van der Waals surface area contributed by atoms with E-state index in [0.29, 0.717) is 17.2 Å². The first-order valence-electron chi connectivity index (χ1n) is 4.28. The van der Waals surface area contributed by atoms with Gasteiger partial charge < -0.3 is 9.47 Å². The van der Waals surface area contributed by atoms with E-state index in [4.69, 9.17) is 21.3 Å². The Morgan fingerprint density at radius 2 is 1.87 bits per heavy atom. The first-order valence-corrected chi connectivity index (χ1v) is 4.62. The molecular weight excluding hydrogens is 218 g/mol. The number of ether oxygens (including phenoxy) is 2. The topological polar surface area (TPSA) is 38.8 Å². The van der Waals surface area contributed by atoms with Crippen LogP contribution in [0.1, 0.15) is 6.92 Å². The minimum absolute atomic E-state index is 0.260. The molecule has 0 atom stereocenters. The largest absolute Gasteiger partial charge is 0.493 e. The number of nitrogens with zero attached hydrogens (tertiary/aromatic N) is 1. The molecule has 0 aliphatic heterocycles. The van der Waals surface area contributed by atoms with Crippen molar-refractivity contribution in [3.63, 3.8) is 0 Å². The molecule has 1 aromatic rings. The fourth-order valence-electron chi connectivity index (χ4n) is 1.13. The van der Waals surface area contributed by atoms with E-state index in [1.807, 2.05) is 0 Å². The molecule has 0 fully saturated rings. The van der Waals surface area contributed by atoms with Crippen LogP contribution < -0.4 is 13.9 Å². The number of anilines is 1. The smallest absolute Gasteiger partial charge is 0.238 e. The molecule has 0 aromatic heterocycles. The van der Waals surface area contributed by atoms with Crippen LogP contribution in [0.15, 0.2) is 18.2 Å². The lowest BCUT2D eigenvalue weighted by atomic mass is 10.2. The molecule has 5 heteroatoms. The highest BCUT2D eigenvalue weighted by atomic mass is 35.5. The highest BCUT2D eigenvalue weighted by Crippen LogP contribution is 2.32. The lowest BCUT2D eigenvalue weighted by molar-refractivity contribution is -0.115. The summed E-state index contributed by atoms with van der Waals surface area (Å²) in [5.74, 6) is 0.862. The Bertz CT molecular complexity index is 368. The van der Waals surface area contributed by atoms with Crippen molar-refractivity contribution < 1.29 is 14.3 Å². The summed E-state index contributed by atoms with van der Waals surface area (Å²) in [6, 6.07) is 5.00. The molecule has 1 amide bonds. The van der Waals surface area contributed by atoms with Crippen molar-refractivity contribution in [3.05, 3.63) is 18.2 Å². The second kappa shape index (κ2) is 4.89. The van der Waals surface area contributed by atoms with Crippen molar-refractivity contribution in [2.24, 2.45) is 0 Å². The van der Waals surface area contributed by atoms with Gasteiger partial charge in [-0.2, -0.15) is 0 Å². The minimum atomic E-state index is -0.260. The molecule has 4 nitrogen and oxygen atoms in total. The van der Waals surface area contributed by atoms with Crippen LogP contribution in [0.3, 0.4) is 0 Å². The number of carbonyl (C=O) groups is 1. The van der Waals surface area contributed by atoms with E-state index in [1.54, 1.807) is 25.3 Å². The van der Waals surface area contributed by atoms with E-state index in [1.165, 1.54) is 14.0 Å². The summed E-state index contributed by atoms with van der Waals surface area (Å²) in [5, 5.41) is 0. The first-order chi connectivity index (χ1) is 7.10. The second-order valence-corrected chi connectivity index (χ2v) is 3.18. The fourth-order valence-corrected chi connectivity index (χ4v) is 1.23. The van der Waals surface area contributed by atoms with Crippen LogP contribution in [0, 0.1) is 0 Å². The molecule has 1 aromatic carbocycles. The van der Waals surface area contributed by atoms with Crippen molar-refractivity contribution >= 4 is 23.4 Å². The van der Waals surface area contributed by atoms with Crippen LogP contribution >= 0.6 is 11.8 Å². The van der Waals surface area contributed by atoms with Gasteiger partial charge in [0.2, 0.25) is 5.91 Å². The predicted molar refractivity (Wildman–Crippen MR) is 58.6 cm³/mol. The van der Waals surface area contributed by atoms with Gasteiger partial charge in [0.05, 0.1) is 19.9 Å². The molecule has 0 unspecified atom stereocenters. The van der Waals surface area contributed by atoms with E-state index in [-0.39, 0.29) is 5.91 Å². The summed E-state index contributed by atoms with van der Waals surface area (Å²) in [5.41, 5.74) is 0.543. The summed E-state index contributed by atoms with van der Waals surface area (Å²) in [4.78, 5) is 11.0. The quantitative estimate of drug-likeness (QED) is 0.746. The summed E-state index contributed by atoms with van der Waals surface area (Å²) in [7, 11) is 3.06. The molecule has 0 saturated carbocycles. The molecule has 0 radical (unpaired) electrons. The standard InChI is InChI=1S/C10H12ClNO3/c1-7(13)12(11)8-4-5-9(14-2)10(6-8)15-3/h4-6H,1-3H3. The summed E-state index contributed by atoms with van der Waals surface area (Å²) in [6.07, 6.45) is 0. The summed E-state index contributed by atoms with van der Waals surface area (Å²) < 4.78 is 11.2. The maximum absolute atomic E-state index is 11.0. The predicted octanol–water partition coefficient (Wildman–Crippen LogP) is 2.21. The lowest BCUT2D eigenvalue weighted by Crippen LogP contribution is -2.16. The van der Waals surface area contributed by atoms with Crippen LogP contribution in [-0.4, -0.2) is 20.1 Å². The number of benzene rings is 1. The molecular formula is C10H12ClNO3. The molecule has 0 spiro atoms. The molecule has 15 heavy (non-hydrogen) atoms. The number of amides is 1. The van der Waals surface area contributed by atoms with Crippen LogP contribution in [-0.2, 0) is 4.79 Å². The average Bonchev–Trinajstić information content (AvgIpc) is 2.26. The Balaban J connectivity index is 3.07. The van der Waals surface area contributed by atoms with Gasteiger partial charge in [-0.05, 0) is 12.1 Å². The van der Waals surface area contributed by atoms with E-state index < -0.39 is 0 Å². The third-order valence-corrected chi connectivity index (χ3v) is 2.30. The van der Waals surface area contributed by atoms with Gasteiger partial charge in [0, 0.05) is 24.8 Å². The Labute approximate surface area is 93.5 Å². The van der Waals surface area contributed by atoms with Gasteiger partial charge in [-0.3, -0.25) is 4.79 Å².